The van der Waals surface area contributed by atoms with Gasteiger partial charge in [0.15, 0.2) is 0 Å². The van der Waals surface area contributed by atoms with Gasteiger partial charge in [0, 0.05) is 35.2 Å². The number of nitrogens with two attached hydrogens (primary N) is 1. The molecule has 2 rings (SSSR count). The first-order valence-corrected chi connectivity index (χ1v) is 8.70. The van der Waals surface area contributed by atoms with E-state index in [0.29, 0.717) is 4.75 Å². The Kier molecular flexibility index (Phi) is 5.58. The molecule has 1 aliphatic heterocycles. The van der Waals surface area contributed by atoms with Crippen molar-refractivity contribution < 1.29 is 4.74 Å². The number of methoxy groups -OCH3 is 1. The number of thioether (sulfide) groups is 1. The quantitative estimate of drug-likeness (QED) is 0.926. The van der Waals surface area contributed by atoms with Crippen molar-refractivity contribution >= 4 is 11.8 Å². The third-order valence-corrected chi connectivity index (χ3v) is 5.59. The molecule has 0 aliphatic carbocycles. The van der Waals surface area contributed by atoms with Crippen molar-refractivity contribution in [2.24, 2.45) is 5.73 Å². The minimum atomic E-state index is 0.0764. The molecule has 1 saturated heterocycles. The van der Waals surface area contributed by atoms with Gasteiger partial charge in [-0.3, -0.25) is 4.90 Å². The fourth-order valence-electron chi connectivity index (χ4n) is 3.04. The Morgan fingerprint density at radius 3 is 2.67 bits per heavy atom. The summed E-state index contributed by atoms with van der Waals surface area (Å²) in [6.07, 6.45) is 1.19. The number of ether oxygens (including phenoxy) is 1. The van der Waals surface area contributed by atoms with Gasteiger partial charge >= 0.3 is 0 Å². The van der Waals surface area contributed by atoms with Crippen molar-refractivity contribution in [3.63, 3.8) is 0 Å². The van der Waals surface area contributed by atoms with Gasteiger partial charge < -0.3 is 10.5 Å². The Morgan fingerprint density at radius 2 is 2.00 bits per heavy atom. The van der Waals surface area contributed by atoms with Gasteiger partial charge in [-0.1, -0.05) is 32.0 Å². The lowest BCUT2D eigenvalue weighted by molar-refractivity contribution is 0.181. The van der Waals surface area contributed by atoms with Crippen LogP contribution in [0.25, 0.3) is 0 Å². The maximum absolute atomic E-state index is 6.34. The zero-order chi connectivity index (χ0) is 15.5. The van der Waals surface area contributed by atoms with Gasteiger partial charge in [-0.05, 0) is 19.4 Å². The van der Waals surface area contributed by atoms with Gasteiger partial charge in [0.1, 0.15) is 5.75 Å². The lowest BCUT2D eigenvalue weighted by atomic mass is 9.97. The van der Waals surface area contributed by atoms with E-state index in [-0.39, 0.29) is 12.1 Å². The van der Waals surface area contributed by atoms with E-state index in [1.54, 1.807) is 7.11 Å². The van der Waals surface area contributed by atoms with Gasteiger partial charge in [-0.2, -0.15) is 11.8 Å². The summed E-state index contributed by atoms with van der Waals surface area (Å²) in [7, 11) is 1.73. The van der Waals surface area contributed by atoms with Crippen molar-refractivity contribution in [1.82, 2.24) is 4.90 Å². The second kappa shape index (κ2) is 7.03. The molecular formula is C17H28N2OS. The molecule has 0 saturated carbocycles. The van der Waals surface area contributed by atoms with Crippen LogP contribution in [0.3, 0.4) is 0 Å². The summed E-state index contributed by atoms with van der Waals surface area (Å²) in [6, 6.07) is 8.56. The molecule has 1 aliphatic rings. The van der Waals surface area contributed by atoms with Gasteiger partial charge in [0.25, 0.3) is 0 Å². The van der Waals surface area contributed by atoms with Crippen LogP contribution < -0.4 is 10.5 Å². The Morgan fingerprint density at radius 1 is 1.29 bits per heavy atom. The second-order valence-electron chi connectivity index (χ2n) is 6.44. The Labute approximate surface area is 133 Å². The topological polar surface area (TPSA) is 38.5 Å². The summed E-state index contributed by atoms with van der Waals surface area (Å²) < 4.78 is 5.91. The standard InChI is InChI=1S/C17H28N2OS/c1-13(18)16(14-7-5-6-8-15(14)20-4)19-10-9-17(2,3)21-12-11-19/h5-8,13,16H,9-12,18H2,1-4H3. The molecule has 1 heterocycles. The van der Waals surface area contributed by atoms with E-state index in [4.69, 9.17) is 10.5 Å². The third-order valence-electron chi connectivity index (χ3n) is 4.22. The van der Waals surface area contributed by atoms with E-state index in [9.17, 15) is 0 Å². The highest BCUT2D eigenvalue weighted by Gasteiger charge is 2.31. The van der Waals surface area contributed by atoms with Crippen molar-refractivity contribution in [3.05, 3.63) is 29.8 Å². The molecule has 0 spiro atoms. The highest BCUT2D eigenvalue weighted by atomic mass is 32.2. The van der Waals surface area contributed by atoms with Crippen LogP contribution in [0, 0.1) is 0 Å². The van der Waals surface area contributed by atoms with Gasteiger partial charge in [-0.25, -0.2) is 0 Å². The van der Waals surface area contributed by atoms with Crippen LogP contribution >= 0.6 is 11.8 Å². The highest BCUT2D eigenvalue weighted by Crippen LogP contribution is 2.36. The molecule has 2 unspecified atom stereocenters. The van der Waals surface area contributed by atoms with Crippen molar-refractivity contribution in [1.29, 1.82) is 0 Å². The molecule has 1 fully saturated rings. The van der Waals surface area contributed by atoms with E-state index >= 15 is 0 Å². The number of benzene rings is 1. The van der Waals surface area contributed by atoms with Crippen molar-refractivity contribution in [2.75, 3.05) is 26.0 Å². The molecule has 3 nitrogen and oxygen atoms in total. The largest absolute Gasteiger partial charge is 0.496 e. The number of hydrogen-bond acceptors (Lipinski definition) is 4. The Bertz CT molecular complexity index is 462. The molecule has 0 amide bonds. The van der Waals surface area contributed by atoms with Crippen molar-refractivity contribution in [3.8, 4) is 5.75 Å². The van der Waals surface area contributed by atoms with Gasteiger partial charge in [-0.15, -0.1) is 0 Å². The fourth-order valence-corrected chi connectivity index (χ4v) is 4.15. The Hall–Kier alpha value is -0.710. The van der Waals surface area contributed by atoms with Crippen LogP contribution in [-0.2, 0) is 0 Å². The molecular weight excluding hydrogens is 280 g/mol. The van der Waals surface area contributed by atoms with E-state index in [0.717, 1.165) is 24.6 Å². The number of hydrogen-bond donors (Lipinski definition) is 1. The Balaban J connectivity index is 2.27. The van der Waals surface area contributed by atoms with Crippen molar-refractivity contribution in [2.45, 2.75) is 44.0 Å². The minimum absolute atomic E-state index is 0.0764. The molecule has 118 valence electrons. The smallest absolute Gasteiger partial charge is 0.123 e. The lowest BCUT2D eigenvalue weighted by Gasteiger charge is -2.34. The molecule has 1 aromatic carbocycles. The van der Waals surface area contributed by atoms with Gasteiger partial charge in [0.2, 0.25) is 0 Å². The first kappa shape index (κ1) is 16.7. The van der Waals surface area contributed by atoms with Crippen LogP contribution in [0.1, 0.15) is 38.8 Å². The minimum Gasteiger partial charge on any atom is -0.496 e. The van der Waals surface area contributed by atoms with Crippen LogP contribution in [0.15, 0.2) is 24.3 Å². The second-order valence-corrected chi connectivity index (χ2v) is 8.24. The summed E-state index contributed by atoms with van der Waals surface area (Å²) >= 11 is 2.07. The first-order valence-electron chi connectivity index (χ1n) is 7.71. The number of para-hydroxylation sites is 1. The molecule has 21 heavy (non-hydrogen) atoms. The van der Waals surface area contributed by atoms with Crippen LogP contribution in [0.5, 0.6) is 5.75 Å². The van der Waals surface area contributed by atoms with Gasteiger partial charge in [0.05, 0.1) is 13.2 Å². The molecule has 0 bridgehead atoms. The van der Waals surface area contributed by atoms with E-state index in [1.807, 2.05) is 12.1 Å². The normalized spacial score (nSPS) is 22.3. The number of nitrogens with zero attached hydrogens (tertiary/aromatic N) is 1. The average molecular weight is 308 g/mol. The van der Waals surface area contributed by atoms with E-state index < -0.39 is 0 Å². The molecule has 0 radical (unpaired) electrons. The van der Waals surface area contributed by atoms with Crippen LogP contribution in [0.4, 0.5) is 0 Å². The predicted octanol–water partition coefficient (Wildman–Crippen LogP) is 3.30. The molecule has 2 N–H and O–H groups in total. The summed E-state index contributed by atoms with van der Waals surface area (Å²) in [5, 5.41) is 0. The summed E-state index contributed by atoms with van der Waals surface area (Å²) in [6.45, 7) is 8.94. The zero-order valence-electron chi connectivity index (χ0n) is 13.6. The fraction of sp³-hybridized carbons (Fsp3) is 0.647. The summed E-state index contributed by atoms with van der Waals surface area (Å²) in [5.41, 5.74) is 7.55. The van der Waals surface area contributed by atoms with Crippen LogP contribution in [0.2, 0.25) is 0 Å². The van der Waals surface area contributed by atoms with E-state index in [2.05, 4.69) is 49.6 Å². The maximum atomic E-state index is 6.34. The maximum Gasteiger partial charge on any atom is 0.123 e. The van der Waals surface area contributed by atoms with E-state index in [1.165, 1.54) is 12.0 Å². The molecule has 4 heteroatoms. The third kappa shape index (κ3) is 4.15. The lowest BCUT2D eigenvalue weighted by Crippen LogP contribution is -2.41. The average Bonchev–Trinajstić information content (AvgIpc) is 2.61. The summed E-state index contributed by atoms with van der Waals surface area (Å²) in [4.78, 5) is 2.53. The predicted molar refractivity (Wildman–Crippen MR) is 92.1 cm³/mol. The monoisotopic (exact) mass is 308 g/mol. The number of rotatable bonds is 4. The molecule has 1 aromatic rings. The first-order chi connectivity index (χ1) is 9.94. The summed E-state index contributed by atoms with van der Waals surface area (Å²) in [5.74, 6) is 2.10. The SMILES string of the molecule is COc1ccccc1C(C(C)N)N1CCSC(C)(C)CC1. The van der Waals surface area contributed by atoms with Crippen LogP contribution in [-0.4, -0.2) is 41.6 Å². The highest BCUT2D eigenvalue weighted by molar-refractivity contribution is 8.00. The zero-order valence-corrected chi connectivity index (χ0v) is 14.5. The molecule has 2 atom stereocenters. The molecule has 0 aromatic heterocycles.